The SMILES string of the molecule is CNC(=O)Cc1cc([N+](=O)[O-])ccc1OC(=O)Oc1ccc([N+](=O)[O-])cc1CC(=O)NC. The van der Waals surface area contributed by atoms with Gasteiger partial charge in [-0.1, -0.05) is 0 Å². The van der Waals surface area contributed by atoms with Crippen LogP contribution < -0.4 is 20.1 Å². The third-order valence-electron chi connectivity index (χ3n) is 4.16. The second-order valence-electron chi connectivity index (χ2n) is 6.25. The minimum atomic E-state index is -1.27. The van der Waals surface area contributed by atoms with Crippen molar-refractivity contribution in [1.29, 1.82) is 0 Å². The molecule has 2 aromatic carbocycles. The van der Waals surface area contributed by atoms with Crippen LogP contribution in [0.2, 0.25) is 0 Å². The molecule has 2 amide bonds. The van der Waals surface area contributed by atoms with E-state index in [2.05, 4.69) is 10.6 Å². The number of nitro groups is 2. The van der Waals surface area contributed by atoms with Crippen molar-refractivity contribution in [3.63, 3.8) is 0 Å². The van der Waals surface area contributed by atoms with E-state index in [9.17, 15) is 34.6 Å². The van der Waals surface area contributed by atoms with Crippen LogP contribution in [0.1, 0.15) is 11.1 Å². The van der Waals surface area contributed by atoms with Gasteiger partial charge in [-0.25, -0.2) is 4.79 Å². The van der Waals surface area contributed by atoms with E-state index in [1.54, 1.807) is 0 Å². The monoisotopic (exact) mass is 446 g/mol. The first kappa shape index (κ1) is 23.7. The van der Waals surface area contributed by atoms with E-state index in [0.717, 1.165) is 36.4 Å². The average molecular weight is 446 g/mol. The third-order valence-corrected chi connectivity index (χ3v) is 4.16. The molecule has 0 aliphatic heterocycles. The summed E-state index contributed by atoms with van der Waals surface area (Å²) in [5.74, 6) is -1.27. The molecule has 0 unspecified atom stereocenters. The number of non-ortho nitro benzene ring substituents is 2. The lowest BCUT2D eigenvalue weighted by molar-refractivity contribution is -0.385. The van der Waals surface area contributed by atoms with Crippen LogP contribution in [0.25, 0.3) is 0 Å². The lowest BCUT2D eigenvalue weighted by atomic mass is 10.1. The number of hydrogen-bond donors (Lipinski definition) is 2. The number of likely N-dealkylation sites (N-methyl/N-ethyl adjacent to an activating group) is 2. The van der Waals surface area contributed by atoms with Crippen LogP contribution >= 0.6 is 0 Å². The number of carbonyl (C=O) groups excluding carboxylic acids is 3. The highest BCUT2D eigenvalue weighted by Crippen LogP contribution is 2.28. The Labute approximate surface area is 180 Å². The Morgan fingerprint density at radius 1 is 0.781 bits per heavy atom. The van der Waals surface area contributed by atoms with E-state index in [0.29, 0.717) is 0 Å². The number of benzene rings is 2. The summed E-state index contributed by atoms with van der Waals surface area (Å²) < 4.78 is 10.2. The van der Waals surface area contributed by atoms with Crippen LogP contribution in [0.4, 0.5) is 16.2 Å². The number of amides is 2. The second kappa shape index (κ2) is 10.5. The molecule has 32 heavy (non-hydrogen) atoms. The molecule has 0 fully saturated rings. The molecule has 0 aliphatic carbocycles. The molecule has 0 saturated carbocycles. The van der Waals surface area contributed by atoms with Crippen molar-refractivity contribution in [3.05, 3.63) is 67.8 Å². The normalized spacial score (nSPS) is 10.1. The van der Waals surface area contributed by atoms with E-state index in [1.165, 1.54) is 14.1 Å². The molecular weight excluding hydrogens is 428 g/mol. The van der Waals surface area contributed by atoms with E-state index in [4.69, 9.17) is 9.47 Å². The van der Waals surface area contributed by atoms with Gasteiger partial charge in [0.15, 0.2) is 0 Å². The molecular formula is C19H18N4O9. The van der Waals surface area contributed by atoms with Gasteiger partial charge in [-0.05, 0) is 12.1 Å². The predicted octanol–water partition coefficient (Wildman–Crippen LogP) is 1.66. The molecule has 0 heterocycles. The second-order valence-corrected chi connectivity index (χ2v) is 6.25. The molecule has 0 aromatic heterocycles. The highest BCUT2D eigenvalue weighted by Gasteiger charge is 2.20. The first-order valence-electron chi connectivity index (χ1n) is 9.00. The van der Waals surface area contributed by atoms with Crippen molar-refractivity contribution in [2.75, 3.05) is 14.1 Å². The van der Waals surface area contributed by atoms with Crippen LogP contribution in [0.3, 0.4) is 0 Å². The van der Waals surface area contributed by atoms with Crippen molar-refractivity contribution in [3.8, 4) is 11.5 Å². The van der Waals surface area contributed by atoms with E-state index >= 15 is 0 Å². The third kappa shape index (κ3) is 6.22. The highest BCUT2D eigenvalue weighted by atomic mass is 16.7. The van der Waals surface area contributed by atoms with Gasteiger partial charge in [0.1, 0.15) is 11.5 Å². The minimum Gasteiger partial charge on any atom is -0.394 e. The molecule has 13 nitrogen and oxygen atoms in total. The Bertz CT molecular complexity index is 1000. The quantitative estimate of drug-likeness (QED) is 0.264. The number of nitrogens with one attached hydrogen (secondary N) is 2. The van der Waals surface area contributed by atoms with Crippen molar-refractivity contribution in [2.45, 2.75) is 12.8 Å². The number of hydrogen-bond acceptors (Lipinski definition) is 9. The van der Waals surface area contributed by atoms with E-state index in [1.807, 2.05) is 0 Å². The summed E-state index contributed by atoms with van der Waals surface area (Å²) in [6, 6.07) is 6.61. The van der Waals surface area contributed by atoms with Gasteiger partial charge in [0.25, 0.3) is 11.4 Å². The maximum Gasteiger partial charge on any atom is 0.519 e. The largest absolute Gasteiger partial charge is 0.519 e. The molecule has 13 heteroatoms. The Kier molecular flexibility index (Phi) is 7.76. The summed E-state index contributed by atoms with van der Waals surface area (Å²) in [7, 11) is 2.74. The van der Waals surface area contributed by atoms with Gasteiger partial charge in [-0.3, -0.25) is 29.8 Å². The molecule has 168 valence electrons. The molecule has 2 rings (SSSR count). The smallest absolute Gasteiger partial charge is 0.394 e. The number of ether oxygens (including phenoxy) is 2. The zero-order chi connectivity index (χ0) is 23.8. The Hall–Kier alpha value is -4.55. The fourth-order valence-corrected chi connectivity index (χ4v) is 2.56. The molecule has 0 spiro atoms. The van der Waals surface area contributed by atoms with Gasteiger partial charge in [0.05, 0.1) is 22.7 Å². The van der Waals surface area contributed by atoms with Gasteiger partial charge < -0.3 is 20.1 Å². The van der Waals surface area contributed by atoms with Gasteiger partial charge in [0, 0.05) is 49.5 Å². The topological polar surface area (TPSA) is 180 Å². The summed E-state index contributed by atoms with van der Waals surface area (Å²) in [5, 5.41) is 26.7. The maximum absolute atomic E-state index is 12.3. The summed E-state index contributed by atoms with van der Waals surface area (Å²) in [6.07, 6.45) is -1.88. The first-order valence-corrected chi connectivity index (χ1v) is 9.00. The molecule has 0 saturated heterocycles. The average Bonchev–Trinajstić information content (AvgIpc) is 2.75. The van der Waals surface area contributed by atoms with E-state index in [-0.39, 0.29) is 46.8 Å². The van der Waals surface area contributed by atoms with Crippen LogP contribution in [-0.4, -0.2) is 41.9 Å². The lowest BCUT2D eigenvalue weighted by Gasteiger charge is -2.12. The minimum absolute atomic E-state index is 0.0600. The van der Waals surface area contributed by atoms with Gasteiger partial charge in [-0.15, -0.1) is 0 Å². The van der Waals surface area contributed by atoms with Crippen LogP contribution in [0.5, 0.6) is 11.5 Å². The molecule has 2 aromatic rings. The van der Waals surface area contributed by atoms with Gasteiger partial charge in [0.2, 0.25) is 11.8 Å². The summed E-state index contributed by atoms with van der Waals surface area (Å²) in [6.45, 7) is 0. The van der Waals surface area contributed by atoms with Gasteiger partial charge >= 0.3 is 6.16 Å². The Morgan fingerprint density at radius 2 is 1.16 bits per heavy atom. The van der Waals surface area contributed by atoms with Crippen LogP contribution in [0, 0.1) is 20.2 Å². The molecule has 0 radical (unpaired) electrons. The number of rotatable bonds is 8. The van der Waals surface area contributed by atoms with Gasteiger partial charge in [-0.2, -0.15) is 0 Å². The van der Waals surface area contributed by atoms with Crippen molar-refractivity contribution in [2.24, 2.45) is 0 Å². The number of carbonyl (C=O) groups is 3. The highest BCUT2D eigenvalue weighted by molar-refractivity contribution is 5.81. The summed E-state index contributed by atoms with van der Waals surface area (Å²) in [4.78, 5) is 56.4. The summed E-state index contributed by atoms with van der Waals surface area (Å²) in [5.41, 5.74) is -0.504. The molecule has 0 aliphatic rings. The number of nitrogens with zero attached hydrogens (tertiary/aromatic N) is 2. The predicted molar refractivity (Wildman–Crippen MR) is 108 cm³/mol. The fraction of sp³-hybridized carbons (Fsp3) is 0.211. The fourth-order valence-electron chi connectivity index (χ4n) is 2.56. The zero-order valence-electron chi connectivity index (χ0n) is 16.9. The maximum atomic E-state index is 12.3. The molecule has 0 atom stereocenters. The Morgan fingerprint density at radius 3 is 1.47 bits per heavy atom. The van der Waals surface area contributed by atoms with Crippen LogP contribution in [-0.2, 0) is 22.4 Å². The standard InChI is InChI=1S/C19H18N4O9/c1-20-17(24)9-11-7-13(22(27)28)3-5-15(11)31-19(26)32-16-6-4-14(23(29)30)8-12(16)10-18(25)21-2/h3-8H,9-10H2,1-2H3,(H,20,24)(H,21,25). The van der Waals surface area contributed by atoms with Crippen LogP contribution in [0.15, 0.2) is 36.4 Å². The number of nitro benzene ring substituents is 2. The lowest BCUT2D eigenvalue weighted by Crippen LogP contribution is -2.22. The molecule has 0 bridgehead atoms. The van der Waals surface area contributed by atoms with E-state index < -0.39 is 27.8 Å². The first-order chi connectivity index (χ1) is 15.1. The van der Waals surface area contributed by atoms with Crippen molar-refractivity contribution in [1.82, 2.24) is 10.6 Å². The Balaban J connectivity index is 2.30. The van der Waals surface area contributed by atoms with Crippen molar-refractivity contribution >= 4 is 29.3 Å². The summed E-state index contributed by atoms with van der Waals surface area (Å²) >= 11 is 0. The zero-order valence-corrected chi connectivity index (χ0v) is 16.9. The molecule has 2 N–H and O–H groups in total. The van der Waals surface area contributed by atoms with Crippen molar-refractivity contribution < 1.29 is 33.7 Å².